The van der Waals surface area contributed by atoms with Crippen molar-refractivity contribution in [1.29, 1.82) is 5.41 Å². The van der Waals surface area contributed by atoms with Crippen LogP contribution in [0.5, 0.6) is 11.8 Å². The van der Waals surface area contributed by atoms with Gasteiger partial charge in [-0.05, 0) is 42.0 Å². The first-order valence-electron chi connectivity index (χ1n) is 9.76. The molecule has 12 heteroatoms. The molecule has 3 heterocycles. The zero-order chi connectivity index (χ0) is 23.4. The van der Waals surface area contributed by atoms with Gasteiger partial charge in [-0.15, -0.1) is 10.2 Å². The Bertz CT molecular complexity index is 1290. The Kier molecular flexibility index (Phi) is 5.98. The van der Waals surface area contributed by atoms with Crippen LogP contribution in [0.1, 0.15) is 23.0 Å². The van der Waals surface area contributed by atoms with Crippen molar-refractivity contribution >= 4 is 11.5 Å². The zero-order valence-electron chi connectivity index (χ0n) is 17.8. The molecule has 0 radical (unpaired) electrons. The van der Waals surface area contributed by atoms with Crippen LogP contribution >= 0.6 is 0 Å². The molecule has 0 spiro atoms. The van der Waals surface area contributed by atoms with Gasteiger partial charge in [-0.25, -0.2) is 4.79 Å². The van der Waals surface area contributed by atoms with Crippen molar-refractivity contribution in [2.75, 3.05) is 19.5 Å². The standard InChI is InChI=1S/C21H21N9O3/c1-32-16-10-13(11-17(26-16)33-2)18(25-14-7-5-12(6-8-14)19(22)23)20-27-21(31)30(29-20)15-4-3-9-24-28-15/h3-11,18,25H,1-2H3,(H3,22,23)(H,27,29,31). The largest absolute Gasteiger partial charge is 0.481 e. The highest BCUT2D eigenvalue weighted by Gasteiger charge is 2.22. The first kappa shape index (κ1) is 21.5. The van der Waals surface area contributed by atoms with E-state index in [2.05, 4.69) is 30.6 Å². The average Bonchev–Trinajstić information content (AvgIpc) is 3.24. The number of anilines is 1. The van der Waals surface area contributed by atoms with E-state index in [4.69, 9.17) is 20.6 Å². The van der Waals surface area contributed by atoms with Crippen molar-refractivity contribution in [3.8, 4) is 17.6 Å². The Morgan fingerprint density at radius 2 is 1.85 bits per heavy atom. The fourth-order valence-electron chi connectivity index (χ4n) is 3.13. The second-order valence-corrected chi connectivity index (χ2v) is 6.86. The number of H-pyrrole nitrogens is 1. The summed E-state index contributed by atoms with van der Waals surface area (Å²) in [4.78, 5) is 19.7. The maximum Gasteiger partial charge on any atom is 0.349 e. The molecule has 5 N–H and O–H groups in total. The van der Waals surface area contributed by atoms with E-state index in [1.54, 1.807) is 48.5 Å². The lowest BCUT2D eigenvalue weighted by molar-refractivity contribution is 0.363. The normalized spacial score (nSPS) is 11.6. The van der Waals surface area contributed by atoms with Gasteiger partial charge in [0.1, 0.15) is 11.9 Å². The third kappa shape index (κ3) is 4.63. The Labute approximate surface area is 187 Å². The molecule has 12 nitrogen and oxygen atoms in total. The lowest BCUT2D eigenvalue weighted by Gasteiger charge is -2.19. The van der Waals surface area contributed by atoms with E-state index in [9.17, 15) is 4.79 Å². The summed E-state index contributed by atoms with van der Waals surface area (Å²) in [6, 6.07) is 13.1. The summed E-state index contributed by atoms with van der Waals surface area (Å²) in [5, 5.41) is 23.1. The van der Waals surface area contributed by atoms with Gasteiger partial charge >= 0.3 is 5.69 Å². The molecule has 0 aliphatic heterocycles. The highest BCUT2D eigenvalue weighted by Crippen LogP contribution is 2.29. The molecule has 1 atom stereocenters. The molecule has 0 fully saturated rings. The number of benzene rings is 1. The number of ether oxygens (including phenoxy) is 2. The second-order valence-electron chi connectivity index (χ2n) is 6.86. The zero-order valence-corrected chi connectivity index (χ0v) is 17.8. The Morgan fingerprint density at radius 3 is 2.42 bits per heavy atom. The molecule has 0 saturated heterocycles. The van der Waals surface area contributed by atoms with E-state index in [0.29, 0.717) is 34.4 Å². The van der Waals surface area contributed by atoms with Crippen LogP contribution in [0.2, 0.25) is 0 Å². The third-order valence-corrected chi connectivity index (χ3v) is 4.74. The van der Waals surface area contributed by atoms with Gasteiger partial charge in [0.2, 0.25) is 11.8 Å². The number of amidine groups is 1. The molecule has 0 aliphatic rings. The second kappa shape index (κ2) is 9.18. The number of aromatic nitrogens is 6. The van der Waals surface area contributed by atoms with Gasteiger partial charge < -0.3 is 20.5 Å². The fraction of sp³-hybridized carbons (Fsp3) is 0.143. The van der Waals surface area contributed by atoms with E-state index in [0.717, 1.165) is 4.68 Å². The lowest BCUT2D eigenvalue weighted by atomic mass is 10.1. The van der Waals surface area contributed by atoms with Crippen molar-refractivity contribution < 1.29 is 9.47 Å². The van der Waals surface area contributed by atoms with Crippen LogP contribution in [0.3, 0.4) is 0 Å². The quantitative estimate of drug-likeness (QED) is 0.229. The summed E-state index contributed by atoms with van der Waals surface area (Å²) in [5.41, 5.74) is 7.04. The highest BCUT2D eigenvalue weighted by atomic mass is 16.5. The molecule has 4 aromatic rings. The van der Waals surface area contributed by atoms with E-state index in [1.807, 2.05) is 0 Å². The Hall–Kier alpha value is -4.74. The molecular weight excluding hydrogens is 426 g/mol. The Morgan fingerprint density at radius 1 is 1.15 bits per heavy atom. The minimum absolute atomic E-state index is 0.0336. The number of nitrogens with two attached hydrogens (primary N) is 1. The molecule has 33 heavy (non-hydrogen) atoms. The van der Waals surface area contributed by atoms with E-state index < -0.39 is 11.7 Å². The molecule has 3 aromatic heterocycles. The highest BCUT2D eigenvalue weighted by molar-refractivity contribution is 5.95. The molecule has 0 aliphatic carbocycles. The van der Waals surface area contributed by atoms with Crippen LogP contribution in [0.25, 0.3) is 5.82 Å². The number of methoxy groups -OCH3 is 2. The van der Waals surface area contributed by atoms with Crippen LogP contribution in [-0.4, -0.2) is 50.0 Å². The fourth-order valence-corrected chi connectivity index (χ4v) is 3.13. The molecule has 0 saturated carbocycles. The van der Waals surface area contributed by atoms with Gasteiger partial charge in [0.15, 0.2) is 11.6 Å². The van der Waals surface area contributed by atoms with Gasteiger partial charge in [-0.1, -0.05) is 0 Å². The molecule has 1 aromatic carbocycles. The predicted molar refractivity (Wildman–Crippen MR) is 120 cm³/mol. The molecule has 0 bridgehead atoms. The van der Waals surface area contributed by atoms with Crippen LogP contribution in [-0.2, 0) is 0 Å². The van der Waals surface area contributed by atoms with Gasteiger partial charge in [-0.2, -0.15) is 14.8 Å². The SMILES string of the molecule is COc1cc(C(Nc2ccc(C(=N)N)cc2)c2nn(-c3cccnn3)c(=O)[nH]2)cc(OC)n1. The molecular formula is C21H21N9O3. The minimum atomic E-state index is -0.621. The van der Waals surface area contributed by atoms with Gasteiger partial charge in [0, 0.05) is 29.6 Å². The molecule has 1 unspecified atom stereocenters. The summed E-state index contributed by atoms with van der Waals surface area (Å²) in [6.45, 7) is 0. The number of hydrogen-bond acceptors (Lipinski definition) is 9. The predicted octanol–water partition coefficient (Wildman–Crippen LogP) is 1.25. The van der Waals surface area contributed by atoms with Gasteiger partial charge in [-0.3, -0.25) is 10.4 Å². The van der Waals surface area contributed by atoms with Crippen molar-refractivity contribution in [3.05, 3.63) is 82.2 Å². The number of nitrogens with one attached hydrogen (secondary N) is 3. The topological polar surface area (TPSA) is 170 Å². The summed E-state index contributed by atoms with van der Waals surface area (Å²) in [6.07, 6.45) is 1.51. The van der Waals surface area contributed by atoms with E-state index in [1.165, 1.54) is 20.4 Å². The number of aromatic amines is 1. The smallest absolute Gasteiger partial charge is 0.349 e. The summed E-state index contributed by atoms with van der Waals surface area (Å²) >= 11 is 0. The maximum atomic E-state index is 12.6. The van der Waals surface area contributed by atoms with Crippen LogP contribution in [0.4, 0.5) is 5.69 Å². The van der Waals surface area contributed by atoms with Crippen molar-refractivity contribution in [2.24, 2.45) is 5.73 Å². The Balaban J connectivity index is 1.80. The van der Waals surface area contributed by atoms with Crippen LogP contribution < -0.4 is 26.2 Å². The molecule has 4 rings (SSSR count). The lowest BCUT2D eigenvalue weighted by Crippen LogP contribution is -2.17. The van der Waals surface area contributed by atoms with Crippen molar-refractivity contribution in [3.63, 3.8) is 0 Å². The minimum Gasteiger partial charge on any atom is -0.481 e. The van der Waals surface area contributed by atoms with E-state index >= 15 is 0 Å². The van der Waals surface area contributed by atoms with Crippen LogP contribution in [0, 0.1) is 5.41 Å². The number of nitrogen functional groups attached to an aromatic ring is 1. The van der Waals surface area contributed by atoms with Crippen molar-refractivity contribution in [1.82, 2.24) is 29.9 Å². The monoisotopic (exact) mass is 447 g/mol. The number of pyridine rings is 1. The number of hydrogen-bond donors (Lipinski definition) is 4. The maximum absolute atomic E-state index is 12.6. The van der Waals surface area contributed by atoms with Gasteiger partial charge in [0.05, 0.1) is 14.2 Å². The van der Waals surface area contributed by atoms with Gasteiger partial charge in [0.25, 0.3) is 0 Å². The summed E-state index contributed by atoms with van der Waals surface area (Å²) < 4.78 is 11.7. The summed E-state index contributed by atoms with van der Waals surface area (Å²) in [5.74, 6) is 1.22. The first-order valence-corrected chi connectivity index (χ1v) is 9.76. The average molecular weight is 447 g/mol. The first-order chi connectivity index (χ1) is 16.0. The number of rotatable bonds is 8. The molecule has 0 amide bonds. The molecule has 168 valence electrons. The van der Waals surface area contributed by atoms with E-state index in [-0.39, 0.29) is 11.7 Å². The van der Waals surface area contributed by atoms with Crippen molar-refractivity contribution in [2.45, 2.75) is 6.04 Å². The van der Waals surface area contributed by atoms with Crippen LogP contribution in [0.15, 0.2) is 59.5 Å². The summed E-state index contributed by atoms with van der Waals surface area (Å²) in [7, 11) is 3.00. The third-order valence-electron chi connectivity index (χ3n) is 4.74. The number of nitrogens with zero attached hydrogens (tertiary/aromatic N) is 5.